The minimum atomic E-state index is -0.709. The Bertz CT molecular complexity index is 722. The van der Waals surface area contributed by atoms with Gasteiger partial charge in [0.1, 0.15) is 11.6 Å². The molecule has 0 aliphatic carbocycles. The molecule has 5 nitrogen and oxygen atoms in total. The number of oxazole rings is 1. The minimum Gasteiger partial charge on any atom is -0.441 e. The van der Waals surface area contributed by atoms with Crippen molar-refractivity contribution in [2.75, 3.05) is 13.1 Å². The van der Waals surface area contributed by atoms with Gasteiger partial charge in [0.2, 0.25) is 5.91 Å². The molecule has 1 aromatic heterocycles. The average Bonchev–Trinajstić information content (AvgIpc) is 3.22. The van der Waals surface area contributed by atoms with Crippen LogP contribution in [0.15, 0.2) is 28.8 Å². The molecule has 0 saturated carbocycles. The Hall–Kier alpha value is -1.70. The standard InChI is InChI=1S/C17H19F2N3O2.2ClH/c18-11-3-4-13(14(19)8-11)15-10-22-17(24-15)6-5-16(23)21-9-12-2-1-7-20-12;;/h3-4,8,10,12,20H,1-2,5-7,9H2,(H,21,23);2*1H. The van der Waals surface area contributed by atoms with Crippen LogP contribution in [0.1, 0.15) is 25.2 Å². The first kappa shape index (κ1) is 22.3. The summed E-state index contributed by atoms with van der Waals surface area (Å²) in [5.41, 5.74) is 0.145. The first-order chi connectivity index (χ1) is 11.6. The molecule has 144 valence electrons. The van der Waals surface area contributed by atoms with Gasteiger partial charge >= 0.3 is 0 Å². The van der Waals surface area contributed by atoms with E-state index in [0.717, 1.165) is 31.5 Å². The SMILES string of the molecule is Cl.Cl.O=C(CCc1ncc(-c2ccc(F)cc2F)o1)NCC1CCCN1. The van der Waals surface area contributed by atoms with E-state index in [-0.39, 0.29) is 48.5 Å². The van der Waals surface area contributed by atoms with Gasteiger partial charge in [0.15, 0.2) is 11.7 Å². The summed E-state index contributed by atoms with van der Waals surface area (Å²) in [5, 5.41) is 6.18. The van der Waals surface area contributed by atoms with Gasteiger partial charge in [0.05, 0.1) is 11.8 Å². The summed E-state index contributed by atoms with van der Waals surface area (Å²) in [7, 11) is 0. The van der Waals surface area contributed by atoms with Gasteiger partial charge in [-0.05, 0) is 31.5 Å². The van der Waals surface area contributed by atoms with Crippen LogP contribution in [-0.4, -0.2) is 30.0 Å². The maximum atomic E-state index is 13.7. The Balaban J connectivity index is 0.00000169. The summed E-state index contributed by atoms with van der Waals surface area (Å²) < 4.78 is 32.1. The lowest BCUT2D eigenvalue weighted by molar-refractivity contribution is -0.121. The van der Waals surface area contributed by atoms with Gasteiger partial charge in [-0.2, -0.15) is 0 Å². The fourth-order valence-corrected chi connectivity index (χ4v) is 2.72. The summed E-state index contributed by atoms with van der Waals surface area (Å²) in [4.78, 5) is 15.9. The molecule has 26 heavy (non-hydrogen) atoms. The second kappa shape index (κ2) is 10.4. The molecule has 0 spiro atoms. The quantitative estimate of drug-likeness (QED) is 0.770. The average molecular weight is 408 g/mol. The third kappa shape index (κ3) is 5.93. The zero-order valence-electron chi connectivity index (χ0n) is 14.0. The molecule has 1 aliphatic rings. The van der Waals surface area contributed by atoms with E-state index in [1.807, 2.05) is 0 Å². The second-order valence-corrected chi connectivity index (χ2v) is 5.84. The van der Waals surface area contributed by atoms with E-state index in [1.165, 1.54) is 12.3 Å². The van der Waals surface area contributed by atoms with Crippen molar-refractivity contribution in [3.05, 3.63) is 41.9 Å². The van der Waals surface area contributed by atoms with E-state index in [9.17, 15) is 13.6 Å². The van der Waals surface area contributed by atoms with Crippen LogP contribution in [0.25, 0.3) is 11.3 Å². The van der Waals surface area contributed by atoms with Gasteiger partial charge in [-0.15, -0.1) is 24.8 Å². The molecule has 1 saturated heterocycles. The molecule has 1 aromatic carbocycles. The van der Waals surface area contributed by atoms with Crippen molar-refractivity contribution in [3.63, 3.8) is 0 Å². The van der Waals surface area contributed by atoms with E-state index in [2.05, 4.69) is 15.6 Å². The number of benzene rings is 1. The number of amides is 1. The maximum absolute atomic E-state index is 13.7. The third-order valence-electron chi connectivity index (χ3n) is 4.02. The number of nitrogens with one attached hydrogen (secondary N) is 2. The highest BCUT2D eigenvalue weighted by molar-refractivity contribution is 5.85. The topological polar surface area (TPSA) is 67.2 Å². The van der Waals surface area contributed by atoms with Crippen molar-refractivity contribution in [2.45, 2.75) is 31.7 Å². The van der Waals surface area contributed by atoms with Gasteiger partial charge in [0, 0.05) is 31.5 Å². The molecule has 2 N–H and O–H groups in total. The summed E-state index contributed by atoms with van der Waals surface area (Å²) in [6.07, 6.45) is 4.17. The summed E-state index contributed by atoms with van der Waals surface area (Å²) >= 11 is 0. The van der Waals surface area contributed by atoms with Crippen LogP contribution in [0.4, 0.5) is 8.78 Å². The number of halogens is 4. The van der Waals surface area contributed by atoms with E-state index < -0.39 is 11.6 Å². The van der Waals surface area contributed by atoms with Crippen molar-refractivity contribution in [1.82, 2.24) is 15.6 Å². The van der Waals surface area contributed by atoms with Gasteiger partial charge < -0.3 is 15.1 Å². The zero-order chi connectivity index (χ0) is 16.9. The molecular weight excluding hydrogens is 387 g/mol. The van der Waals surface area contributed by atoms with E-state index in [1.54, 1.807) is 0 Å². The largest absolute Gasteiger partial charge is 0.441 e. The van der Waals surface area contributed by atoms with Crippen molar-refractivity contribution < 1.29 is 18.0 Å². The highest BCUT2D eigenvalue weighted by Crippen LogP contribution is 2.24. The predicted molar refractivity (Wildman–Crippen MR) is 98.7 cm³/mol. The Morgan fingerprint density at radius 1 is 1.35 bits per heavy atom. The number of rotatable bonds is 6. The van der Waals surface area contributed by atoms with E-state index >= 15 is 0 Å². The molecule has 0 radical (unpaired) electrons. The molecule has 1 aliphatic heterocycles. The minimum absolute atomic E-state index is 0. The van der Waals surface area contributed by atoms with Crippen LogP contribution in [0.3, 0.4) is 0 Å². The van der Waals surface area contributed by atoms with Crippen molar-refractivity contribution in [3.8, 4) is 11.3 Å². The summed E-state index contributed by atoms with van der Waals surface area (Å²) in [5.74, 6) is -0.860. The smallest absolute Gasteiger partial charge is 0.220 e. The lowest BCUT2D eigenvalue weighted by Crippen LogP contribution is -2.37. The molecule has 2 heterocycles. The monoisotopic (exact) mass is 407 g/mol. The number of aryl methyl sites for hydroxylation is 1. The Labute approximate surface area is 162 Å². The number of nitrogens with zero attached hydrogens (tertiary/aromatic N) is 1. The summed E-state index contributed by atoms with van der Waals surface area (Å²) in [6, 6.07) is 3.60. The predicted octanol–water partition coefficient (Wildman–Crippen LogP) is 3.26. The fraction of sp³-hybridized carbons (Fsp3) is 0.412. The highest BCUT2D eigenvalue weighted by Gasteiger charge is 2.16. The van der Waals surface area contributed by atoms with E-state index in [0.29, 0.717) is 24.9 Å². The van der Waals surface area contributed by atoms with Crippen LogP contribution >= 0.6 is 24.8 Å². The first-order valence-corrected chi connectivity index (χ1v) is 8.02. The normalized spacial score (nSPS) is 15.8. The molecule has 2 aromatic rings. The van der Waals surface area contributed by atoms with Crippen LogP contribution in [0.5, 0.6) is 0 Å². The van der Waals surface area contributed by atoms with Crippen molar-refractivity contribution >= 4 is 30.7 Å². The number of hydrogen-bond acceptors (Lipinski definition) is 4. The molecule has 1 amide bonds. The van der Waals surface area contributed by atoms with Crippen molar-refractivity contribution in [1.29, 1.82) is 0 Å². The van der Waals surface area contributed by atoms with Gasteiger partial charge in [0.25, 0.3) is 0 Å². The third-order valence-corrected chi connectivity index (χ3v) is 4.02. The molecule has 9 heteroatoms. The number of hydrogen-bond donors (Lipinski definition) is 2. The maximum Gasteiger partial charge on any atom is 0.220 e. The second-order valence-electron chi connectivity index (χ2n) is 5.84. The van der Waals surface area contributed by atoms with Crippen LogP contribution in [0, 0.1) is 11.6 Å². The highest BCUT2D eigenvalue weighted by atomic mass is 35.5. The molecule has 3 rings (SSSR count). The lowest BCUT2D eigenvalue weighted by Gasteiger charge is -2.10. The number of aromatic nitrogens is 1. The van der Waals surface area contributed by atoms with Crippen LogP contribution in [-0.2, 0) is 11.2 Å². The molecule has 0 bridgehead atoms. The molecular formula is C17H21Cl2F2N3O2. The zero-order valence-corrected chi connectivity index (χ0v) is 15.6. The number of carbonyl (C=O) groups is 1. The van der Waals surface area contributed by atoms with Crippen LogP contribution in [0.2, 0.25) is 0 Å². The van der Waals surface area contributed by atoms with Gasteiger partial charge in [-0.1, -0.05) is 0 Å². The van der Waals surface area contributed by atoms with E-state index in [4.69, 9.17) is 4.42 Å². The Morgan fingerprint density at radius 3 is 2.85 bits per heavy atom. The molecule has 1 atom stereocenters. The Kier molecular flexibility index (Phi) is 8.98. The Morgan fingerprint density at radius 2 is 2.15 bits per heavy atom. The van der Waals surface area contributed by atoms with Gasteiger partial charge in [-0.25, -0.2) is 13.8 Å². The van der Waals surface area contributed by atoms with Crippen molar-refractivity contribution in [2.24, 2.45) is 0 Å². The van der Waals surface area contributed by atoms with Crippen LogP contribution < -0.4 is 10.6 Å². The number of carbonyl (C=O) groups excluding carboxylic acids is 1. The summed E-state index contributed by atoms with van der Waals surface area (Å²) in [6.45, 7) is 1.62. The first-order valence-electron chi connectivity index (χ1n) is 8.02. The molecule has 1 unspecified atom stereocenters. The molecule has 1 fully saturated rings. The van der Waals surface area contributed by atoms with Gasteiger partial charge in [-0.3, -0.25) is 4.79 Å². The fourth-order valence-electron chi connectivity index (χ4n) is 2.72. The lowest BCUT2D eigenvalue weighted by atomic mass is 10.2.